The number of pyridine rings is 2. The number of rotatable bonds is 8. The molecule has 4 amide bonds. The Labute approximate surface area is 220 Å². The molecule has 12 nitrogen and oxygen atoms in total. The van der Waals surface area contributed by atoms with E-state index >= 15 is 0 Å². The fraction of sp³-hybridized carbons (Fsp3) is 0.346. The third-order valence-electron chi connectivity index (χ3n) is 6.27. The molecule has 3 heterocycles. The number of alkyl carbamates (subject to hydrolysis) is 1. The highest BCUT2D eigenvalue weighted by atomic mass is 16.5. The number of anilines is 1. The van der Waals surface area contributed by atoms with Crippen molar-refractivity contribution in [3.8, 4) is 11.1 Å². The lowest BCUT2D eigenvalue weighted by Crippen LogP contribution is -2.49. The van der Waals surface area contributed by atoms with E-state index in [1.54, 1.807) is 18.6 Å². The maximum Gasteiger partial charge on any atom is 0.407 e. The molecule has 3 aromatic rings. The van der Waals surface area contributed by atoms with Gasteiger partial charge in [0.25, 0.3) is 0 Å². The highest BCUT2D eigenvalue weighted by Gasteiger charge is 2.20. The Morgan fingerprint density at radius 1 is 1.03 bits per heavy atom. The lowest BCUT2D eigenvalue weighted by Gasteiger charge is -2.32. The summed E-state index contributed by atoms with van der Waals surface area (Å²) in [6.07, 6.45) is 3.66. The number of fused-ring (bicyclic) bond motifs is 1. The minimum atomic E-state index is -0.911. The predicted molar refractivity (Wildman–Crippen MR) is 142 cm³/mol. The summed E-state index contributed by atoms with van der Waals surface area (Å²) in [6, 6.07) is 9.18. The van der Waals surface area contributed by atoms with E-state index in [2.05, 4.69) is 30.8 Å². The van der Waals surface area contributed by atoms with Crippen LogP contribution in [0.2, 0.25) is 0 Å². The molecule has 0 saturated carbocycles. The highest BCUT2D eigenvalue weighted by molar-refractivity contribution is 6.00. The second kappa shape index (κ2) is 12.7. The van der Waals surface area contributed by atoms with Crippen LogP contribution in [-0.2, 0) is 11.3 Å². The Bertz CT molecular complexity index is 1280. The van der Waals surface area contributed by atoms with E-state index in [9.17, 15) is 14.4 Å². The molecule has 2 aromatic heterocycles. The molecule has 0 aliphatic carbocycles. The van der Waals surface area contributed by atoms with Gasteiger partial charge in [-0.1, -0.05) is 12.1 Å². The first-order chi connectivity index (χ1) is 18.4. The van der Waals surface area contributed by atoms with Gasteiger partial charge in [-0.25, -0.2) is 19.4 Å². The van der Waals surface area contributed by atoms with Crippen LogP contribution >= 0.6 is 0 Å². The van der Waals surface area contributed by atoms with Crippen LogP contribution in [0, 0.1) is 0 Å². The first-order valence-electron chi connectivity index (χ1n) is 12.4. The monoisotopic (exact) mass is 521 g/mol. The largest absolute Gasteiger partial charge is 0.465 e. The number of aromatic nitrogens is 2. The zero-order valence-electron chi connectivity index (χ0n) is 21.1. The second-order valence-corrected chi connectivity index (χ2v) is 8.71. The van der Waals surface area contributed by atoms with E-state index in [1.807, 2.05) is 37.3 Å². The number of urea groups is 1. The fourth-order valence-corrected chi connectivity index (χ4v) is 4.27. The molecule has 1 fully saturated rings. The number of hydrogen-bond donors (Lipinski definition) is 4. The molecule has 38 heavy (non-hydrogen) atoms. The lowest BCUT2D eigenvalue weighted by atomic mass is 9.96. The fourth-order valence-electron chi connectivity index (χ4n) is 4.27. The first kappa shape index (κ1) is 26.6. The number of nitrogens with one attached hydrogen (secondary N) is 3. The van der Waals surface area contributed by atoms with Gasteiger partial charge in [-0.15, -0.1) is 0 Å². The molecular formula is C26H31N7O5. The minimum Gasteiger partial charge on any atom is -0.465 e. The Balaban J connectivity index is 1.41. The maximum absolute atomic E-state index is 12.3. The maximum atomic E-state index is 12.3. The molecule has 0 bridgehead atoms. The molecule has 0 radical (unpaired) electrons. The number of ether oxygens (including phenoxy) is 1. The van der Waals surface area contributed by atoms with E-state index in [0.717, 1.165) is 27.5 Å². The van der Waals surface area contributed by atoms with Crippen molar-refractivity contribution < 1.29 is 24.2 Å². The number of carbonyl (C=O) groups is 3. The summed E-state index contributed by atoms with van der Waals surface area (Å²) in [6.45, 7) is 5.41. The number of benzene rings is 1. The van der Waals surface area contributed by atoms with Crippen LogP contribution in [0.15, 0.2) is 48.9 Å². The predicted octanol–water partition coefficient (Wildman–Crippen LogP) is 2.96. The van der Waals surface area contributed by atoms with Gasteiger partial charge >= 0.3 is 18.2 Å². The van der Waals surface area contributed by atoms with Gasteiger partial charge in [0.05, 0.1) is 0 Å². The van der Waals surface area contributed by atoms with Crippen molar-refractivity contribution in [3.63, 3.8) is 0 Å². The van der Waals surface area contributed by atoms with Gasteiger partial charge in [-0.2, -0.15) is 0 Å². The standard InChI is InChI=1S/C26H31N7O5/c1-2-28-24(34)31-23-15-21-20(18-5-7-27-8-6-18)4-3-19(22(21)17-29-23)16-30-25(35)38-14-13-32-9-11-33(12-10-32)26(36)37/h3-8,15,17H,2,9-14,16H2,1H3,(H,30,35)(H,36,37)(H2,28,29,31,34). The van der Waals surface area contributed by atoms with E-state index in [1.165, 1.54) is 4.90 Å². The number of nitrogens with zero attached hydrogens (tertiary/aromatic N) is 4. The lowest BCUT2D eigenvalue weighted by molar-refractivity contribution is 0.0878. The van der Waals surface area contributed by atoms with E-state index in [0.29, 0.717) is 45.1 Å². The molecule has 12 heteroatoms. The molecule has 0 unspecified atom stereocenters. The van der Waals surface area contributed by atoms with E-state index in [-0.39, 0.29) is 19.2 Å². The molecule has 0 spiro atoms. The SMILES string of the molecule is CCNC(=O)Nc1cc2c(-c3ccncc3)ccc(CNC(=O)OCCN3CCN(C(=O)O)CC3)c2cn1. The van der Waals surface area contributed by atoms with Crippen LogP contribution in [0.5, 0.6) is 0 Å². The van der Waals surface area contributed by atoms with Crippen LogP contribution in [0.25, 0.3) is 21.9 Å². The number of carbonyl (C=O) groups excluding carboxylic acids is 2. The normalized spacial score (nSPS) is 13.7. The van der Waals surface area contributed by atoms with Gasteiger partial charge in [0.2, 0.25) is 0 Å². The summed E-state index contributed by atoms with van der Waals surface area (Å²) in [5, 5.41) is 19.0. The van der Waals surface area contributed by atoms with Crippen molar-refractivity contribution in [1.29, 1.82) is 0 Å². The van der Waals surface area contributed by atoms with Crippen molar-refractivity contribution in [2.45, 2.75) is 13.5 Å². The van der Waals surface area contributed by atoms with E-state index in [4.69, 9.17) is 9.84 Å². The molecule has 0 atom stereocenters. The third-order valence-corrected chi connectivity index (χ3v) is 6.27. The minimum absolute atomic E-state index is 0.205. The van der Waals surface area contributed by atoms with Gasteiger partial charge < -0.3 is 25.4 Å². The van der Waals surface area contributed by atoms with Crippen molar-refractivity contribution in [3.05, 3.63) is 54.5 Å². The first-order valence-corrected chi connectivity index (χ1v) is 12.4. The van der Waals surface area contributed by atoms with Crippen molar-refractivity contribution in [2.24, 2.45) is 0 Å². The second-order valence-electron chi connectivity index (χ2n) is 8.71. The third kappa shape index (κ3) is 6.85. The number of carboxylic acid groups (broad SMARTS) is 1. The summed E-state index contributed by atoms with van der Waals surface area (Å²) in [4.78, 5) is 47.3. The number of piperazine rings is 1. The molecule has 1 aliphatic heterocycles. The molecule has 200 valence electrons. The van der Waals surface area contributed by atoms with Gasteiger partial charge in [-0.3, -0.25) is 15.2 Å². The van der Waals surface area contributed by atoms with Crippen molar-refractivity contribution in [2.75, 3.05) is 51.2 Å². The zero-order chi connectivity index (χ0) is 26.9. The summed E-state index contributed by atoms with van der Waals surface area (Å²) < 4.78 is 5.33. The smallest absolute Gasteiger partial charge is 0.407 e. The van der Waals surface area contributed by atoms with Crippen molar-refractivity contribution >= 4 is 34.8 Å². The quantitative estimate of drug-likeness (QED) is 0.354. The molecular weight excluding hydrogens is 490 g/mol. The zero-order valence-corrected chi connectivity index (χ0v) is 21.1. The van der Waals surface area contributed by atoms with Crippen LogP contribution in [0.3, 0.4) is 0 Å². The average molecular weight is 522 g/mol. The van der Waals surface area contributed by atoms with E-state index < -0.39 is 12.2 Å². The average Bonchev–Trinajstić information content (AvgIpc) is 2.92. The summed E-state index contributed by atoms with van der Waals surface area (Å²) in [7, 11) is 0. The van der Waals surface area contributed by atoms with Crippen LogP contribution < -0.4 is 16.0 Å². The van der Waals surface area contributed by atoms with Gasteiger partial charge in [0.1, 0.15) is 12.4 Å². The van der Waals surface area contributed by atoms with Crippen LogP contribution in [0.1, 0.15) is 12.5 Å². The number of hydrogen-bond acceptors (Lipinski definition) is 7. The van der Waals surface area contributed by atoms with Gasteiger partial charge in [0.15, 0.2) is 0 Å². The Hall–Kier alpha value is -4.45. The Morgan fingerprint density at radius 2 is 1.79 bits per heavy atom. The highest BCUT2D eigenvalue weighted by Crippen LogP contribution is 2.31. The van der Waals surface area contributed by atoms with Crippen LogP contribution in [-0.4, -0.2) is 89.0 Å². The van der Waals surface area contributed by atoms with Gasteiger partial charge in [0, 0.05) is 69.8 Å². The van der Waals surface area contributed by atoms with Gasteiger partial charge in [-0.05, 0) is 47.2 Å². The molecule has 1 aromatic carbocycles. The molecule has 4 rings (SSSR count). The summed E-state index contributed by atoms with van der Waals surface area (Å²) in [5.74, 6) is 0.410. The topological polar surface area (TPSA) is 149 Å². The molecule has 1 aliphatic rings. The summed E-state index contributed by atoms with van der Waals surface area (Å²) in [5.41, 5.74) is 2.75. The van der Waals surface area contributed by atoms with Crippen LogP contribution in [0.4, 0.5) is 20.2 Å². The van der Waals surface area contributed by atoms with Crippen molar-refractivity contribution in [1.82, 2.24) is 30.4 Å². The molecule has 4 N–H and O–H groups in total. The Morgan fingerprint density at radius 3 is 2.50 bits per heavy atom. The molecule has 1 saturated heterocycles. The Kier molecular flexibility index (Phi) is 8.88. The number of amides is 4. The summed E-state index contributed by atoms with van der Waals surface area (Å²) >= 11 is 0.